The first-order valence-corrected chi connectivity index (χ1v) is 20.8. The van der Waals surface area contributed by atoms with Gasteiger partial charge in [-0.3, -0.25) is 14.5 Å². The van der Waals surface area contributed by atoms with Crippen LogP contribution in [-0.4, -0.2) is 62.1 Å². The number of imide groups is 1. The topological polar surface area (TPSA) is 85.3 Å². The molecule has 1 unspecified atom stereocenters. The normalized spacial score (nSPS) is 16.6. The summed E-state index contributed by atoms with van der Waals surface area (Å²) in [5.41, 5.74) is 0. The summed E-state index contributed by atoms with van der Waals surface area (Å²) in [4.78, 5) is 35.0. The summed E-state index contributed by atoms with van der Waals surface area (Å²) in [7, 11) is -9.69. The van der Waals surface area contributed by atoms with Crippen molar-refractivity contribution in [1.82, 2.24) is 4.90 Å². The molecule has 0 bridgehead atoms. The van der Waals surface area contributed by atoms with Crippen molar-refractivity contribution < 1.29 is 26.7 Å². The van der Waals surface area contributed by atoms with E-state index in [1.807, 2.05) is 19.6 Å². The Morgan fingerprint density at radius 3 is 1.60 bits per heavy atom. The predicted octanol–water partition coefficient (Wildman–Crippen LogP) is 5.42. The molecule has 0 saturated carbocycles. The summed E-state index contributed by atoms with van der Waals surface area (Å²) in [6, 6.07) is 0.682. The van der Waals surface area contributed by atoms with Crippen molar-refractivity contribution in [3.05, 3.63) is 0 Å². The zero-order chi connectivity index (χ0) is 20.4. The summed E-state index contributed by atoms with van der Waals surface area (Å²) in [6.45, 7) is 16.1. The van der Waals surface area contributed by atoms with Crippen molar-refractivity contribution in [3.8, 4) is 0 Å². The second kappa shape index (κ2) is 13.4. The molecule has 0 aromatic rings. The van der Waals surface area contributed by atoms with Crippen LogP contribution in [0.2, 0.25) is 58.4 Å². The van der Waals surface area contributed by atoms with Crippen molar-refractivity contribution >= 4 is 45.8 Å². The van der Waals surface area contributed by atoms with E-state index in [1.54, 1.807) is 13.1 Å². The van der Waals surface area contributed by atoms with Gasteiger partial charge in [-0.1, -0.05) is 29.7 Å². The predicted molar refractivity (Wildman–Crippen MR) is 138 cm³/mol. The Balaban J connectivity index is -0.000000845. The molecule has 0 radical (unpaired) electrons. The molecule has 0 aromatic carbocycles. The molecular weight excluding hydrogens is 451 g/mol. The van der Waals surface area contributed by atoms with E-state index in [0.717, 1.165) is 0 Å². The minimum absolute atomic E-state index is 0. The fraction of sp³-hybridized carbons (Fsp3) is 0.895. The van der Waals surface area contributed by atoms with Crippen LogP contribution in [0.1, 0.15) is 49.0 Å². The van der Waals surface area contributed by atoms with E-state index in [4.69, 9.17) is 12.3 Å². The number of likely N-dealkylation sites (tertiary alicyclic amines) is 1. The number of carbonyl (C=O) groups excluding carboxylic acids is 2. The van der Waals surface area contributed by atoms with Crippen molar-refractivity contribution in [2.75, 3.05) is 6.54 Å². The highest BCUT2D eigenvalue weighted by Crippen LogP contribution is 2.27. The van der Waals surface area contributed by atoms with Gasteiger partial charge >= 0.3 is 25.7 Å². The Kier molecular flexibility index (Phi) is 16.6. The lowest BCUT2D eigenvalue weighted by Gasteiger charge is -2.40. The van der Waals surface area contributed by atoms with Crippen LogP contribution >= 0.6 is 0 Å². The van der Waals surface area contributed by atoms with Crippen LogP contribution in [0.3, 0.4) is 0 Å². The van der Waals surface area contributed by atoms with Gasteiger partial charge in [0.1, 0.15) is 0 Å². The lowest BCUT2D eigenvalue weighted by atomic mass is 10.4. The molecule has 0 spiro atoms. The van der Waals surface area contributed by atoms with Gasteiger partial charge in [0.25, 0.3) is 0 Å². The third-order valence-electron chi connectivity index (χ3n) is 3.65. The van der Waals surface area contributed by atoms with Crippen LogP contribution in [0.5, 0.6) is 0 Å². The molecule has 1 fully saturated rings. The molecule has 2 amide bonds. The van der Waals surface area contributed by atoms with E-state index in [2.05, 4.69) is 19.6 Å². The summed E-state index contributed by atoms with van der Waals surface area (Å²) in [5.74, 6) is -0.173. The first-order valence-electron chi connectivity index (χ1n) is 9.18. The maximum Gasteiger partial charge on any atom is 0.320 e. The second-order valence-corrected chi connectivity index (χ2v) is 24.1. The first kappa shape index (κ1) is 37.2. The van der Waals surface area contributed by atoms with Crippen LogP contribution in [0.15, 0.2) is 0 Å². The van der Waals surface area contributed by atoms with E-state index >= 15 is 0 Å². The van der Waals surface area contributed by atoms with Crippen LogP contribution in [0, 0.1) is 0 Å². The van der Waals surface area contributed by atoms with Crippen LogP contribution < -0.4 is 0 Å². The summed E-state index contributed by atoms with van der Waals surface area (Å²) >= 11 is 0. The molecule has 1 N–H and O–H groups in total. The van der Waals surface area contributed by atoms with Gasteiger partial charge in [-0.25, -0.2) is 0 Å². The molecule has 1 aliphatic rings. The highest BCUT2D eigenvalue weighted by Gasteiger charge is 2.45. The zero-order valence-electron chi connectivity index (χ0n) is 17.5. The standard InChI is InChI=1S/C15H35NO6Si4.4CH4/c1-23(2,3)20-26(8,22-25(6,7)21-24(4,5)19)13-9-12-16-14(17)10-11-15(16)18;;;;/h19H,9-13H2,1-8H3;4*1H4. The maximum absolute atomic E-state index is 11.8. The molecule has 1 saturated heterocycles. The fourth-order valence-electron chi connectivity index (χ4n) is 3.34. The van der Waals surface area contributed by atoms with Crippen LogP contribution in [-0.2, 0) is 21.9 Å². The average molecular weight is 502 g/mol. The van der Waals surface area contributed by atoms with Crippen molar-refractivity contribution in [3.63, 3.8) is 0 Å². The molecule has 1 heterocycles. The first-order chi connectivity index (χ1) is 11.5. The quantitative estimate of drug-likeness (QED) is 0.317. The summed E-state index contributed by atoms with van der Waals surface area (Å²) in [5, 5.41) is 0. The van der Waals surface area contributed by atoms with Crippen molar-refractivity contribution in [2.45, 2.75) is 107 Å². The molecule has 11 heteroatoms. The number of hydrogen-bond donors (Lipinski definition) is 1. The molecule has 1 rings (SSSR count). The van der Waals surface area contributed by atoms with Crippen molar-refractivity contribution in [2.24, 2.45) is 0 Å². The molecule has 0 aliphatic carbocycles. The van der Waals surface area contributed by atoms with E-state index in [0.29, 0.717) is 31.9 Å². The van der Waals surface area contributed by atoms with Crippen LogP contribution in [0.4, 0.5) is 0 Å². The molecule has 30 heavy (non-hydrogen) atoms. The average Bonchev–Trinajstić information content (AvgIpc) is 2.63. The van der Waals surface area contributed by atoms with Crippen molar-refractivity contribution in [1.29, 1.82) is 0 Å². The minimum Gasteiger partial charge on any atom is -0.437 e. The third-order valence-corrected chi connectivity index (χ3v) is 16.7. The highest BCUT2D eigenvalue weighted by atomic mass is 28.5. The highest BCUT2D eigenvalue weighted by molar-refractivity contribution is 6.88. The molecular formula is C19H51NO6Si4. The van der Waals surface area contributed by atoms with Gasteiger partial charge in [0.2, 0.25) is 11.8 Å². The lowest BCUT2D eigenvalue weighted by Crippen LogP contribution is -2.57. The van der Waals surface area contributed by atoms with E-state index in [-0.39, 0.29) is 41.5 Å². The zero-order valence-corrected chi connectivity index (χ0v) is 21.5. The SMILES string of the molecule is C.C.C.C.C[Si](C)(C)O[Si](C)(CCCN1C(=O)CCC1=O)O[Si](C)(C)O[Si](C)(C)O. The molecule has 184 valence electrons. The van der Waals surface area contributed by atoms with E-state index in [1.165, 1.54) is 4.90 Å². The van der Waals surface area contributed by atoms with Gasteiger partial charge in [0.15, 0.2) is 8.32 Å². The Bertz CT molecular complexity index is 518. The van der Waals surface area contributed by atoms with E-state index < -0.39 is 34.0 Å². The monoisotopic (exact) mass is 501 g/mol. The fourth-order valence-corrected chi connectivity index (χ4v) is 20.2. The second-order valence-electron chi connectivity index (χ2n) is 8.94. The number of hydrogen-bond acceptors (Lipinski definition) is 6. The summed E-state index contributed by atoms with van der Waals surface area (Å²) in [6.07, 6.45) is 1.30. The Morgan fingerprint density at radius 2 is 1.23 bits per heavy atom. The Morgan fingerprint density at radius 1 is 0.800 bits per heavy atom. The number of carbonyl (C=O) groups is 2. The Hall–Kier alpha value is -0.152. The molecule has 7 nitrogen and oxygen atoms in total. The molecule has 1 atom stereocenters. The molecule has 1 aliphatic heterocycles. The largest absolute Gasteiger partial charge is 0.437 e. The third kappa shape index (κ3) is 14.0. The number of amides is 2. The number of rotatable bonds is 10. The van der Waals surface area contributed by atoms with Gasteiger partial charge < -0.3 is 17.1 Å². The Labute approximate surface area is 191 Å². The van der Waals surface area contributed by atoms with Crippen LogP contribution in [0.25, 0.3) is 0 Å². The smallest absolute Gasteiger partial charge is 0.320 e. The van der Waals surface area contributed by atoms with Gasteiger partial charge in [-0.05, 0) is 64.8 Å². The lowest BCUT2D eigenvalue weighted by molar-refractivity contribution is -0.138. The van der Waals surface area contributed by atoms with E-state index in [9.17, 15) is 14.4 Å². The minimum atomic E-state index is -2.70. The maximum atomic E-state index is 11.8. The summed E-state index contributed by atoms with van der Waals surface area (Å²) < 4.78 is 18.8. The van der Waals surface area contributed by atoms with Gasteiger partial charge in [-0.15, -0.1) is 0 Å². The number of nitrogens with zero attached hydrogens (tertiary/aromatic N) is 1. The van der Waals surface area contributed by atoms with Gasteiger partial charge in [0, 0.05) is 19.4 Å². The molecule has 0 aromatic heterocycles. The van der Waals surface area contributed by atoms with Gasteiger partial charge in [0.05, 0.1) is 0 Å². The van der Waals surface area contributed by atoms with Gasteiger partial charge in [-0.2, -0.15) is 0 Å².